The Hall–Kier alpha value is -0.310. The van der Waals surface area contributed by atoms with Crippen molar-refractivity contribution >= 4 is 23.2 Å². The molecule has 2 unspecified atom stereocenters. The van der Waals surface area contributed by atoms with E-state index in [9.17, 15) is 0 Å². The first-order chi connectivity index (χ1) is 8.11. The average Bonchev–Trinajstić information content (AvgIpc) is 2.64. The lowest BCUT2D eigenvalue weighted by molar-refractivity contribution is 0.189. The molecule has 2 heterocycles. The second-order valence-corrected chi connectivity index (χ2v) is 5.49. The summed E-state index contributed by atoms with van der Waals surface area (Å²) in [6, 6.07) is 5.10. The van der Waals surface area contributed by atoms with Gasteiger partial charge in [-0.1, -0.05) is 36.2 Å². The first-order valence-corrected chi connectivity index (χ1v) is 6.94. The Balaban J connectivity index is 2.14. The van der Waals surface area contributed by atoms with Crippen molar-refractivity contribution in [3.05, 3.63) is 28.0 Å². The van der Waals surface area contributed by atoms with Gasteiger partial charge in [-0.2, -0.15) is 0 Å². The Morgan fingerprint density at radius 3 is 2.76 bits per heavy atom. The van der Waals surface area contributed by atoms with E-state index in [0.717, 1.165) is 12.1 Å². The number of nitrogens with zero attached hydrogens (tertiary/aromatic N) is 2. The highest BCUT2D eigenvalue weighted by Gasteiger charge is 2.29. The summed E-state index contributed by atoms with van der Waals surface area (Å²) in [6.45, 7) is 5.41. The molecular weight excluding hydrogens is 255 g/mol. The van der Waals surface area contributed by atoms with E-state index in [0.29, 0.717) is 22.4 Å². The molecule has 0 aliphatic carbocycles. The van der Waals surface area contributed by atoms with E-state index < -0.39 is 0 Å². The summed E-state index contributed by atoms with van der Waals surface area (Å²) in [5.41, 5.74) is 1.07. The van der Waals surface area contributed by atoms with Crippen molar-refractivity contribution in [3.63, 3.8) is 0 Å². The molecule has 0 aromatic carbocycles. The Morgan fingerprint density at radius 2 is 2.12 bits per heavy atom. The van der Waals surface area contributed by atoms with Crippen molar-refractivity contribution < 1.29 is 0 Å². The van der Waals surface area contributed by atoms with Crippen molar-refractivity contribution in [2.24, 2.45) is 0 Å². The molecule has 17 heavy (non-hydrogen) atoms. The van der Waals surface area contributed by atoms with E-state index in [4.69, 9.17) is 23.2 Å². The van der Waals surface area contributed by atoms with Crippen molar-refractivity contribution in [3.8, 4) is 0 Å². The number of pyridine rings is 1. The third kappa shape index (κ3) is 2.93. The molecule has 1 saturated heterocycles. The number of hydrogen-bond donors (Lipinski definition) is 0. The van der Waals surface area contributed by atoms with Gasteiger partial charge in [-0.3, -0.25) is 4.90 Å². The predicted octanol–water partition coefficient (Wildman–Crippen LogP) is 4.15. The largest absolute Gasteiger partial charge is 0.293 e. The molecule has 2 rings (SSSR count). The number of aromatic nitrogens is 1. The third-order valence-corrected chi connectivity index (χ3v) is 4.21. The summed E-state index contributed by atoms with van der Waals surface area (Å²) in [6.07, 6.45) is 3.76. The van der Waals surface area contributed by atoms with Gasteiger partial charge in [0.15, 0.2) is 0 Å². The second-order valence-electron chi connectivity index (χ2n) is 4.74. The lowest BCUT2D eigenvalue weighted by Crippen LogP contribution is -2.33. The Bertz CT molecular complexity index is 395. The number of likely N-dealkylation sites (tertiary alicyclic amines) is 1. The van der Waals surface area contributed by atoms with Gasteiger partial charge in [0, 0.05) is 24.2 Å². The van der Waals surface area contributed by atoms with Crippen molar-refractivity contribution in [2.45, 2.75) is 51.7 Å². The normalized spacial score (nSPS) is 25.4. The lowest BCUT2D eigenvalue weighted by atomic mass is 10.1. The zero-order chi connectivity index (χ0) is 12.4. The van der Waals surface area contributed by atoms with E-state index in [2.05, 4.69) is 23.7 Å². The van der Waals surface area contributed by atoms with Crippen molar-refractivity contribution in [1.29, 1.82) is 0 Å². The van der Waals surface area contributed by atoms with Gasteiger partial charge in [-0.25, -0.2) is 4.98 Å². The standard InChI is InChI=1S/C13H18Cl2N2/c1-3-11-6-4-9(2)17(11)8-10-5-7-12(14)16-13(10)15/h5,7,9,11H,3-4,6,8H2,1-2H3. The fourth-order valence-corrected chi connectivity index (χ4v) is 3.01. The minimum absolute atomic E-state index is 0.459. The van der Waals surface area contributed by atoms with Crippen LogP contribution in [0.1, 0.15) is 38.7 Å². The Labute approximate surface area is 113 Å². The van der Waals surface area contributed by atoms with Gasteiger partial charge in [0.1, 0.15) is 10.3 Å². The third-order valence-electron chi connectivity index (χ3n) is 3.67. The summed E-state index contributed by atoms with van der Waals surface area (Å²) in [7, 11) is 0. The number of halogens is 2. The highest BCUT2D eigenvalue weighted by Crippen LogP contribution is 2.29. The summed E-state index contributed by atoms with van der Waals surface area (Å²) in [5, 5.41) is 0.992. The van der Waals surface area contributed by atoms with Crippen LogP contribution in [0.2, 0.25) is 10.3 Å². The van der Waals surface area contributed by atoms with Gasteiger partial charge in [-0.15, -0.1) is 0 Å². The van der Waals surface area contributed by atoms with Crippen molar-refractivity contribution in [1.82, 2.24) is 9.88 Å². The predicted molar refractivity (Wildman–Crippen MR) is 72.6 cm³/mol. The van der Waals surface area contributed by atoms with Crippen LogP contribution in [-0.4, -0.2) is 22.0 Å². The van der Waals surface area contributed by atoms with Gasteiger partial charge < -0.3 is 0 Å². The molecule has 2 nitrogen and oxygen atoms in total. The maximum atomic E-state index is 6.12. The van der Waals surface area contributed by atoms with E-state index in [1.165, 1.54) is 19.3 Å². The van der Waals surface area contributed by atoms with E-state index in [-0.39, 0.29) is 0 Å². The monoisotopic (exact) mass is 272 g/mol. The van der Waals surface area contributed by atoms with Crippen LogP contribution in [0, 0.1) is 0 Å². The van der Waals surface area contributed by atoms with Gasteiger partial charge in [0.2, 0.25) is 0 Å². The molecule has 94 valence electrons. The highest BCUT2D eigenvalue weighted by molar-refractivity contribution is 6.32. The Kier molecular flexibility index (Phi) is 4.29. The molecule has 0 bridgehead atoms. The minimum atomic E-state index is 0.459. The summed E-state index contributed by atoms with van der Waals surface area (Å²) in [4.78, 5) is 6.62. The van der Waals surface area contributed by atoms with E-state index in [1.807, 2.05) is 12.1 Å². The minimum Gasteiger partial charge on any atom is -0.293 e. The molecule has 1 fully saturated rings. The highest BCUT2D eigenvalue weighted by atomic mass is 35.5. The lowest BCUT2D eigenvalue weighted by Gasteiger charge is -2.27. The molecule has 1 aromatic heterocycles. The number of hydrogen-bond acceptors (Lipinski definition) is 2. The summed E-state index contributed by atoms with van der Waals surface area (Å²) >= 11 is 11.9. The van der Waals surface area contributed by atoms with E-state index in [1.54, 1.807) is 0 Å². The molecule has 1 aromatic rings. The molecule has 2 atom stereocenters. The molecule has 0 N–H and O–H groups in total. The van der Waals surface area contributed by atoms with Crippen LogP contribution in [-0.2, 0) is 6.54 Å². The molecular formula is C13H18Cl2N2. The van der Waals surface area contributed by atoms with Crippen LogP contribution in [0.3, 0.4) is 0 Å². The first-order valence-electron chi connectivity index (χ1n) is 6.18. The van der Waals surface area contributed by atoms with Gasteiger partial charge in [-0.05, 0) is 32.3 Å². The SMILES string of the molecule is CCC1CCC(C)N1Cc1ccc(Cl)nc1Cl. The van der Waals surface area contributed by atoms with Gasteiger partial charge in [0.25, 0.3) is 0 Å². The fourth-order valence-electron chi connectivity index (χ4n) is 2.60. The summed E-state index contributed by atoms with van der Waals surface area (Å²) in [5.74, 6) is 0. The average molecular weight is 273 g/mol. The first kappa shape index (κ1) is 13.1. The quantitative estimate of drug-likeness (QED) is 0.769. The van der Waals surface area contributed by atoms with Crippen LogP contribution in [0.5, 0.6) is 0 Å². The van der Waals surface area contributed by atoms with Gasteiger partial charge >= 0.3 is 0 Å². The van der Waals surface area contributed by atoms with Gasteiger partial charge in [0.05, 0.1) is 0 Å². The molecule has 0 amide bonds. The Morgan fingerprint density at radius 1 is 1.35 bits per heavy atom. The van der Waals surface area contributed by atoms with Crippen LogP contribution < -0.4 is 0 Å². The summed E-state index contributed by atoms with van der Waals surface area (Å²) < 4.78 is 0. The zero-order valence-corrected chi connectivity index (χ0v) is 11.8. The van der Waals surface area contributed by atoms with Crippen molar-refractivity contribution in [2.75, 3.05) is 0 Å². The maximum Gasteiger partial charge on any atom is 0.135 e. The molecule has 0 saturated carbocycles. The molecule has 1 aliphatic heterocycles. The van der Waals surface area contributed by atoms with E-state index >= 15 is 0 Å². The van der Waals surface area contributed by atoms with Crippen LogP contribution in [0.15, 0.2) is 12.1 Å². The second kappa shape index (κ2) is 5.55. The fraction of sp³-hybridized carbons (Fsp3) is 0.615. The number of rotatable bonds is 3. The zero-order valence-electron chi connectivity index (χ0n) is 10.3. The van der Waals surface area contributed by atoms with Crippen LogP contribution in [0.25, 0.3) is 0 Å². The maximum absolute atomic E-state index is 6.12. The molecule has 0 spiro atoms. The van der Waals surface area contributed by atoms with Crippen LogP contribution >= 0.6 is 23.2 Å². The van der Waals surface area contributed by atoms with Crippen LogP contribution in [0.4, 0.5) is 0 Å². The topological polar surface area (TPSA) is 16.1 Å². The molecule has 0 radical (unpaired) electrons. The molecule has 4 heteroatoms. The molecule has 1 aliphatic rings. The smallest absolute Gasteiger partial charge is 0.135 e.